The normalized spacial score (nSPS) is 12.5. The van der Waals surface area contributed by atoms with Crippen LogP contribution in [0.1, 0.15) is 50.3 Å². The maximum Gasteiger partial charge on any atom is 0.416 e. The summed E-state index contributed by atoms with van der Waals surface area (Å²) < 4.78 is 52.3. The lowest BCUT2D eigenvalue weighted by Gasteiger charge is -2.13. The van der Waals surface area contributed by atoms with Gasteiger partial charge in [0.15, 0.2) is 17.3 Å². The molecule has 0 saturated carbocycles. The van der Waals surface area contributed by atoms with E-state index in [9.17, 15) is 22.5 Å². The summed E-state index contributed by atoms with van der Waals surface area (Å²) in [5.74, 6) is -1.00. The highest BCUT2D eigenvalue weighted by Crippen LogP contribution is 2.39. The van der Waals surface area contributed by atoms with Crippen LogP contribution in [0.2, 0.25) is 10.0 Å². The molecule has 0 saturated heterocycles. The molecular weight excluding hydrogens is 504 g/mol. The minimum absolute atomic E-state index is 0.0725. The number of amidine groups is 1. The summed E-state index contributed by atoms with van der Waals surface area (Å²) in [4.78, 5) is 11.9. The molecule has 2 rings (SSSR count). The van der Waals surface area contributed by atoms with E-state index in [1.807, 2.05) is 6.92 Å². The molecule has 0 bridgehead atoms. The summed E-state index contributed by atoms with van der Waals surface area (Å²) in [6, 6.07) is 1.32. The van der Waals surface area contributed by atoms with E-state index >= 15 is 0 Å². The number of benzene rings is 1. The van der Waals surface area contributed by atoms with Crippen LogP contribution in [0.4, 0.5) is 19.0 Å². The van der Waals surface area contributed by atoms with Crippen molar-refractivity contribution in [3.05, 3.63) is 33.4 Å². The van der Waals surface area contributed by atoms with Gasteiger partial charge in [0, 0.05) is 6.42 Å². The lowest BCUT2D eigenvalue weighted by molar-refractivity contribution is -0.137. The molecule has 2 aromatic rings. The van der Waals surface area contributed by atoms with Gasteiger partial charge >= 0.3 is 6.18 Å². The smallest absolute Gasteiger partial charge is 0.416 e. The van der Waals surface area contributed by atoms with Crippen LogP contribution in [0.25, 0.3) is 5.69 Å². The van der Waals surface area contributed by atoms with Crippen molar-refractivity contribution in [2.45, 2.75) is 50.1 Å². The number of anilines is 1. The summed E-state index contributed by atoms with van der Waals surface area (Å²) >= 11 is 10.3. The number of nitrogens with one attached hydrogen (secondary N) is 3. The van der Waals surface area contributed by atoms with Gasteiger partial charge < -0.3 is 10.3 Å². The molecule has 0 aliphatic rings. The Bertz CT molecular complexity index is 1010. The molecule has 1 aromatic heterocycles. The van der Waals surface area contributed by atoms with Gasteiger partial charge in [-0.3, -0.25) is 21.1 Å². The number of aromatic nitrogens is 2. The van der Waals surface area contributed by atoms with Crippen molar-refractivity contribution in [3.63, 3.8) is 0 Å². The molecule has 1 amide bonds. The van der Waals surface area contributed by atoms with Crippen molar-refractivity contribution >= 4 is 51.9 Å². The Balaban J connectivity index is 2.33. The van der Waals surface area contributed by atoms with E-state index in [0.717, 1.165) is 23.9 Å². The molecule has 182 valence electrons. The number of nitrogens with two attached hydrogens (primary N) is 1. The van der Waals surface area contributed by atoms with Gasteiger partial charge in [0.2, 0.25) is 10.8 Å². The molecule has 0 spiro atoms. The highest BCUT2D eigenvalue weighted by atomic mass is 35.5. The van der Waals surface area contributed by atoms with E-state index in [2.05, 4.69) is 16.0 Å². The van der Waals surface area contributed by atoms with Crippen molar-refractivity contribution in [1.82, 2.24) is 20.6 Å². The second-order valence-electron chi connectivity index (χ2n) is 7.07. The lowest BCUT2D eigenvalue weighted by Crippen LogP contribution is -2.42. The van der Waals surface area contributed by atoms with Crippen molar-refractivity contribution in [3.8, 4) is 5.69 Å². The molecule has 8 nitrogen and oxygen atoms in total. The topological polar surface area (TPSA) is 132 Å². The zero-order valence-electron chi connectivity index (χ0n) is 17.8. The molecule has 0 fully saturated rings. The fraction of sp³-hybridized carbons (Fsp3) is 0.421. The van der Waals surface area contributed by atoms with Gasteiger partial charge in [-0.2, -0.15) is 18.3 Å². The van der Waals surface area contributed by atoms with Crippen LogP contribution in [0.15, 0.2) is 17.0 Å². The SMILES string of the molecule is CCCCCCC(=O)NNC(=N)c1nn(-c2c(Cl)cc(C(F)(F)F)cc2Cl)c(N)c1[S+](C)[O-]. The fourth-order valence-corrected chi connectivity index (χ4v) is 4.38. The van der Waals surface area contributed by atoms with Crippen molar-refractivity contribution < 1.29 is 22.5 Å². The Labute approximate surface area is 201 Å². The lowest BCUT2D eigenvalue weighted by atomic mass is 10.1. The number of halogens is 5. The first kappa shape index (κ1) is 27.1. The third-order valence-corrected chi connectivity index (χ3v) is 6.09. The van der Waals surface area contributed by atoms with Gasteiger partial charge in [-0.25, -0.2) is 4.68 Å². The Morgan fingerprint density at radius 3 is 2.36 bits per heavy atom. The first-order valence-electron chi connectivity index (χ1n) is 9.80. The Morgan fingerprint density at radius 2 is 1.85 bits per heavy atom. The number of unbranched alkanes of at least 4 members (excludes halogenated alkanes) is 3. The number of nitrogens with zero attached hydrogens (tertiary/aromatic N) is 2. The second kappa shape index (κ2) is 11.3. The quantitative estimate of drug-likeness (QED) is 0.133. The Hall–Kier alpha value is -2.15. The summed E-state index contributed by atoms with van der Waals surface area (Å²) in [6.45, 7) is 2.05. The molecule has 1 atom stereocenters. The van der Waals surface area contributed by atoms with Gasteiger partial charge in [0.25, 0.3) is 0 Å². The number of rotatable bonds is 8. The number of hydrogen-bond acceptors (Lipinski definition) is 5. The predicted octanol–water partition coefficient (Wildman–Crippen LogP) is 4.43. The zero-order valence-corrected chi connectivity index (χ0v) is 20.1. The van der Waals surface area contributed by atoms with Crippen LogP contribution < -0.4 is 16.6 Å². The average molecular weight is 527 g/mol. The molecule has 33 heavy (non-hydrogen) atoms. The number of nitrogen functional groups attached to an aromatic ring is 1. The van der Waals surface area contributed by atoms with Crippen LogP contribution >= 0.6 is 23.2 Å². The molecule has 0 radical (unpaired) electrons. The highest BCUT2D eigenvalue weighted by molar-refractivity contribution is 7.91. The molecular formula is C19H23Cl2F3N6O2S. The van der Waals surface area contributed by atoms with Gasteiger partial charge in [-0.15, -0.1) is 0 Å². The Morgan fingerprint density at radius 1 is 1.24 bits per heavy atom. The number of carbonyl (C=O) groups is 1. The maximum absolute atomic E-state index is 13.0. The third-order valence-electron chi connectivity index (χ3n) is 4.54. The van der Waals surface area contributed by atoms with Crippen LogP contribution in [-0.4, -0.2) is 32.3 Å². The maximum atomic E-state index is 13.0. The van der Waals surface area contributed by atoms with Crippen molar-refractivity contribution in [2.24, 2.45) is 0 Å². The molecule has 0 aliphatic heterocycles. The summed E-state index contributed by atoms with van der Waals surface area (Å²) in [5, 5.41) is 11.5. The standard InChI is InChI=1S/C19H23Cl2F3N6O2S/c1-3-4-5-6-7-13(31)27-28-17(25)14-16(33(2)32)18(26)30(29-14)15-11(20)8-10(9-12(15)21)19(22,23)24/h8-9H,3-7,26H2,1-2H3,(H2,25,28)(H,27,31). The minimum Gasteiger partial charge on any atom is -0.611 e. The summed E-state index contributed by atoms with van der Waals surface area (Å²) in [7, 11) is 0. The van der Waals surface area contributed by atoms with Gasteiger partial charge in [0.1, 0.15) is 11.9 Å². The molecule has 1 heterocycles. The fourth-order valence-electron chi connectivity index (χ4n) is 2.93. The van der Waals surface area contributed by atoms with Gasteiger partial charge in [0.05, 0.1) is 15.6 Å². The van der Waals surface area contributed by atoms with Crippen LogP contribution in [0.5, 0.6) is 0 Å². The van der Waals surface area contributed by atoms with Crippen molar-refractivity contribution in [1.29, 1.82) is 5.41 Å². The van der Waals surface area contributed by atoms with Gasteiger partial charge in [-0.1, -0.05) is 49.4 Å². The van der Waals surface area contributed by atoms with E-state index in [1.54, 1.807) is 0 Å². The van der Waals surface area contributed by atoms with Crippen LogP contribution in [0, 0.1) is 5.41 Å². The number of hydrogen-bond donors (Lipinski definition) is 4. The summed E-state index contributed by atoms with van der Waals surface area (Å²) in [5.41, 5.74) is 9.36. The molecule has 0 aliphatic carbocycles. The van der Waals surface area contributed by atoms with Crippen LogP contribution in [-0.2, 0) is 22.1 Å². The molecule has 1 unspecified atom stereocenters. The first-order valence-corrected chi connectivity index (χ1v) is 12.1. The number of carbonyl (C=O) groups excluding carboxylic acids is 1. The Kier molecular flexibility index (Phi) is 9.29. The first-order chi connectivity index (χ1) is 15.4. The second-order valence-corrected chi connectivity index (χ2v) is 9.20. The summed E-state index contributed by atoms with van der Waals surface area (Å²) in [6.07, 6.45) is 0.480. The minimum atomic E-state index is -4.68. The van der Waals surface area contributed by atoms with E-state index in [4.69, 9.17) is 34.3 Å². The third kappa shape index (κ3) is 6.69. The van der Waals surface area contributed by atoms with Gasteiger partial charge in [-0.05, 0) is 29.7 Å². The number of hydrazine groups is 1. The number of alkyl halides is 3. The molecule has 14 heteroatoms. The van der Waals surface area contributed by atoms with E-state index in [-0.39, 0.29) is 34.4 Å². The molecule has 5 N–H and O–H groups in total. The van der Waals surface area contributed by atoms with E-state index < -0.39 is 38.8 Å². The largest absolute Gasteiger partial charge is 0.611 e. The monoisotopic (exact) mass is 526 g/mol. The van der Waals surface area contributed by atoms with E-state index in [1.165, 1.54) is 6.26 Å². The van der Waals surface area contributed by atoms with Crippen LogP contribution in [0.3, 0.4) is 0 Å². The molecule has 1 aromatic carbocycles. The van der Waals surface area contributed by atoms with Crippen molar-refractivity contribution in [2.75, 3.05) is 12.0 Å². The average Bonchev–Trinajstić information content (AvgIpc) is 3.05. The predicted molar refractivity (Wildman–Crippen MR) is 122 cm³/mol. The zero-order chi connectivity index (χ0) is 24.9. The number of amides is 1. The highest BCUT2D eigenvalue weighted by Gasteiger charge is 2.34. The van der Waals surface area contributed by atoms with E-state index in [0.29, 0.717) is 18.6 Å².